The van der Waals surface area contributed by atoms with Crippen LogP contribution in [-0.4, -0.2) is 49.8 Å². The summed E-state index contributed by atoms with van der Waals surface area (Å²) in [6, 6.07) is 15.1. The first-order valence-corrected chi connectivity index (χ1v) is 10.4. The van der Waals surface area contributed by atoms with Crippen molar-refractivity contribution in [3.05, 3.63) is 60.3 Å². The van der Waals surface area contributed by atoms with Crippen LogP contribution in [0.3, 0.4) is 0 Å². The molecule has 1 aromatic heterocycles. The molecule has 0 aliphatic rings. The van der Waals surface area contributed by atoms with Crippen LogP contribution in [0, 0.1) is 11.3 Å². The summed E-state index contributed by atoms with van der Waals surface area (Å²) in [6.45, 7) is 1.16. The molecule has 0 spiro atoms. The van der Waals surface area contributed by atoms with Gasteiger partial charge in [-0.1, -0.05) is 18.2 Å². The quantitative estimate of drug-likeness (QED) is 0.533. The average molecular weight is 469 g/mol. The van der Waals surface area contributed by atoms with Crippen LogP contribution in [0.4, 0.5) is 13.2 Å². The highest BCUT2D eigenvalue weighted by Gasteiger charge is 2.38. The molecule has 1 heterocycles. The third-order valence-electron chi connectivity index (χ3n) is 4.05. The third-order valence-corrected chi connectivity index (χ3v) is 5.80. The van der Waals surface area contributed by atoms with Gasteiger partial charge in [0.2, 0.25) is 0 Å². The molecule has 0 saturated carbocycles. The number of halogens is 3. The molecule has 0 aliphatic carbocycles. The van der Waals surface area contributed by atoms with E-state index in [0.29, 0.717) is 29.8 Å². The number of nitriles is 1. The minimum Gasteiger partial charge on any atom is -0.492 e. The third kappa shape index (κ3) is 5.57. The fourth-order valence-electron chi connectivity index (χ4n) is 2.60. The second kappa shape index (κ2) is 10.2. The number of hydrogen-bond acceptors (Lipinski definition) is 6. The first-order valence-electron chi connectivity index (χ1n) is 8.96. The molecule has 8 nitrogen and oxygen atoms in total. The van der Waals surface area contributed by atoms with Crippen LogP contribution in [0.2, 0.25) is 0 Å². The lowest BCUT2D eigenvalue weighted by Crippen LogP contribution is -2.21. The number of aromatic nitrogens is 1. The van der Waals surface area contributed by atoms with E-state index in [1.807, 2.05) is 13.1 Å². The maximum atomic E-state index is 13.0. The van der Waals surface area contributed by atoms with Crippen molar-refractivity contribution in [1.82, 2.24) is 9.29 Å². The number of rotatable bonds is 6. The fraction of sp³-hybridized carbons (Fsp3) is 0.200. The van der Waals surface area contributed by atoms with Crippen molar-refractivity contribution >= 4 is 26.9 Å². The zero-order chi connectivity index (χ0) is 23.9. The van der Waals surface area contributed by atoms with Gasteiger partial charge in [0.05, 0.1) is 11.1 Å². The number of alkyl halides is 3. The molecule has 3 aromatic rings. The second-order valence-corrected chi connectivity index (χ2v) is 7.95. The summed E-state index contributed by atoms with van der Waals surface area (Å²) in [7, 11) is -2.05. The molecule has 0 unspecified atom stereocenters. The van der Waals surface area contributed by atoms with Gasteiger partial charge in [-0.25, -0.2) is 17.2 Å². The van der Waals surface area contributed by atoms with Crippen LogP contribution in [-0.2, 0) is 14.8 Å². The zero-order valence-electron chi connectivity index (χ0n) is 16.6. The van der Waals surface area contributed by atoms with Gasteiger partial charge in [-0.05, 0) is 37.4 Å². The maximum Gasteiger partial charge on any atom is 0.490 e. The van der Waals surface area contributed by atoms with Gasteiger partial charge >= 0.3 is 12.1 Å². The van der Waals surface area contributed by atoms with E-state index >= 15 is 0 Å². The Bertz CT molecular complexity index is 1250. The monoisotopic (exact) mass is 469 g/mol. The Morgan fingerprint density at radius 3 is 2.44 bits per heavy atom. The Morgan fingerprint density at radius 2 is 1.84 bits per heavy atom. The minimum atomic E-state index is -5.08. The molecule has 0 saturated heterocycles. The van der Waals surface area contributed by atoms with E-state index in [1.165, 1.54) is 22.3 Å². The lowest BCUT2D eigenvalue weighted by molar-refractivity contribution is -0.192. The van der Waals surface area contributed by atoms with E-state index in [-0.39, 0.29) is 10.5 Å². The van der Waals surface area contributed by atoms with Crippen LogP contribution in [0.1, 0.15) is 5.56 Å². The number of ether oxygens (including phenoxy) is 1. The van der Waals surface area contributed by atoms with Crippen molar-refractivity contribution in [1.29, 1.82) is 5.26 Å². The molecule has 3 rings (SSSR count). The van der Waals surface area contributed by atoms with Crippen molar-refractivity contribution in [2.45, 2.75) is 11.1 Å². The first-order chi connectivity index (χ1) is 15.0. The second-order valence-electron chi connectivity index (χ2n) is 6.17. The number of carboxylic acids is 1. The highest BCUT2D eigenvalue weighted by atomic mass is 32.2. The molecule has 0 aliphatic heterocycles. The van der Waals surface area contributed by atoms with Gasteiger partial charge in [0.25, 0.3) is 10.0 Å². The van der Waals surface area contributed by atoms with Gasteiger partial charge in [0, 0.05) is 18.1 Å². The maximum absolute atomic E-state index is 13.0. The molecule has 0 atom stereocenters. The topological polar surface area (TPSA) is 121 Å². The molecule has 32 heavy (non-hydrogen) atoms. The van der Waals surface area contributed by atoms with Gasteiger partial charge in [-0.3, -0.25) is 0 Å². The van der Waals surface area contributed by atoms with Gasteiger partial charge in [-0.2, -0.15) is 18.4 Å². The van der Waals surface area contributed by atoms with Gasteiger partial charge in [-0.15, -0.1) is 0 Å². The van der Waals surface area contributed by atoms with Crippen LogP contribution in [0.25, 0.3) is 10.9 Å². The van der Waals surface area contributed by atoms with Crippen LogP contribution < -0.4 is 10.1 Å². The molecule has 0 amide bonds. The number of hydrogen-bond donors (Lipinski definition) is 2. The van der Waals surface area contributed by atoms with Crippen molar-refractivity contribution in [3.8, 4) is 11.8 Å². The van der Waals surface area contributed by atoms with E-state index in [9.17, 15) is 26.9 Å². The first kappa shape index (κ1) is 24.7. The minimum absolute atomic E-state index is 0.0171. The van der Waals surface area contributed by atoms with E-state index < -0.39 is 22.2 Å². The zero-order valence-corrected chi connectivity index (χ0v) is 17.4. The number of aliphatic carboxylic acids is 1. The summed E-state index contributed by atoms with van der Waals surface area (Å²) in [5, 5.41) is 20.0. The fourth-order valence-corrected chi connectivity index (χ4v) is 4.10. The molecule has 0 bridgehead atoms. The standard InChI is InChI=1S/C18H17N3O3S.C2HF3O2/c1-20-10-12-24-17-7-4-6-16-15(17)9-11-21(16)25(22,23)18-8-3-2-5-14(18)13-19;3-2(4,5)1(6)7/h2-9,11,20H,10,12H2,1H3;(H,6,7). The highest BCUT2D eigenvalue weighted by Crippen LogP contribution is 2.30. The van der Waals surface area contributed by atoms with E-state index in [0.717, 1.165) is 0 Å². The molecule has 12 heteroatoms. The van der Waals surface area contributed by atoms with Crippen molar-refractivity contribution < 1.29 is 36.2 Å². The number of carboxylic acid groups (broad SMARTS) is 1. The number of nitrogens with zero attached hydrogens (tertiary/aromatic N) is 2. The Hall–Kier alpha value is -3.56. The summed E-state index contributed by atoms with van der Waals surface area (Å²) in [6.07, 6.45) is -3.60. The van der Waals surface area contributed by atoms with Crippen molar-refractivity contribution in [2.75, 3.05) is 20.2 Å². The van der Waals surface area contributed by atoms with Crippen LogP contribution in [0.15, 0.2) is 59.6 Å². The summed E-state index contributed by atoms with van der Waals surface area (Å²) >= 11 is 0. The summed E-state index contributed by atoms with van der Waals surface area (Å²) in [5.41, 5.74) is 0.625. The Labute approximate surface area is 181 Å². The number of benzene rings is 2. The van der Waals surface area contributed by atoms with Crippen LogP contribution in [0.5, 0.6) is 5.75 Å². The van der Waals surface area contributed by atoms with Crippen molar-refractivity contribution in [2.24, 2.45) is 0 Å². The summed E-state index contributed by atoms with van der Waals surface area (Å²) in [5.74, 6) is -2.14. The number of carbonyl (C=O) groups is 1. The number of likely N-dealkylation sites (N-methyl/N-ethyl adjacent to an activating group) is 1. The van der Waals surface area contributed by atoms with Gasteiger partial charge in [0.1, 0.15) is 23.3 Å². The Kier molecular flexibility index (Phi) is 7.85. The van der Waals surface area contributed by atoms with Gasteiger partial charge in [0.15, 0.2) is 0 Å². The highest BCUT2D eigenvalue weighted by molar-refractivity contribution is 7.90. The smallest absolute Gasteiger partial charge is 0.490 e. The molecule has 2 aromatic carbocycles. The molecular weight excluding hydrogens is 451 g/mol. The summed E-state index contributed by atoms with van der Waals surface area (Å²) < 4.78 is 64.7. The normalized spacial score (nSPS) is 11.3. The molecular formula is C20H18F3N3O5S. The van der Waals surface area contributed by atoms with Crippen LogP contribution >= 0.6 is 0 Å². The predicted molar refractivity (Wildman–Crippen MR) is 109 cm³/mol. The average Bonchev–Trinajstić information content (AvgIpc) is 3.19. The number of fused-ring (bicyclic) bond motifs is 1. The Morgan fingerprint density at radius 1 is 1.19 bits per heavy atom. The van der Waals surface area contributed by atoms with E-state index in [2.05, 4.69) is 5.32 Å². The number of nitrogens with one attached hydrogen (secondary N) is 1. The van der Waals surface area contributed by atoms with E-state index in [4.69, 9.17) is 14.6 Å². The lowest BCUT2D eigenvalue weighted by atomic mass is 10.2. The largest absolute Gasteiger partial charge is 0.492 e. The SMILES string of the molecule is CNCCOc1cccc2c1ccn2S(=O)(=O)c1ccccc1C#N.O=C(O)C(F)(F)F. The van der Waals surface area contributed by atoms with E-state index in [1.54, 1.807) is 36.4 Å². The lowest BCUT2D eigenvalue weighted by Gasteiger charge is -2.10. The molecule has 170 valence electrons. The molecule has 0 fully saturated rings. The van der Waals surface area contributed by atoms with Crippen molar-refractivity contribution in [3.63, 3.8) is 0 Å². The molecule has 0 radical (unpaired) electrons. The Balaban J connectivity index is 0.000000451. The molecule has 2 N–H and O–H groups in total. The summed E-state index contributed by atoms with van der Waals surface area (Å²) in [4.78, 5) is 8.88. The predicted octanol–water partition coefficient (Wildman–Crippen LogP) is 2.98. The van der Waals surface area contributed by atoms with Gasteiger partial charge < -0.3 is 15.2 Å².